The molecule has 0 aliphatic rings. The van der Waals surface area contributed by atoms with Gasteiger partial charge in [0.2, 0.25) is 0 Å². The highest BCUT2D eigenvalue weighted by Crippen LogP contribution is 2.14. The number of azide groups is 1. The largest absolute Gasteiger partial charge is 0.494 e. The number of nitrogen functional groups attached to an aromatic ring is 1. The Hall–Kier alpha value is -1.87. The monoisotopic (exact) mass is 206 g/mol. The Labute approximate surface area is 88.5 Å². The predicted molar refractivity (Wildman–Crippen MR) is 59.6 cm³/mol. The van der Waals surface area contributed by atoms with E-state index in [1.54, 1.807) is 6.07 Å². The molecule has 0 amide bonds. The lowest BCUT2D eigenvalue weighted by molar-refractivity contribution is 0.308. The fourth-order valence-electron chi connectivity index (χ4n) is 1.12. The number of anilines is 1. The maximum Gasteiger partial charge on any atom is 0.121 e. The summed E-state index contributed by atoms with van der Waals surface area (Å²) < 4.78 is 5.45. The summed E-state index contributed by atoms with van der Waals surface area (Å²) in [5.74, 6) is 0.777. The van der Waals surface area contributed by atoms with Crippen LogP contribution in [-0.4, -0.2) is 13.2 Å². The number of rotatable bonds is 6. The molecule has 5 heteroatoms. The molecule has 2 N–H and O–H groups in total. The van der Waals surface area contributed by atoms with E-state index in [2.05, 4.69) is 10.0 Å². The van der Waals surface area contributed by atoms with Crippen molar-refractivity contribution in [1.82, 2.24) is 0 Å². The molecule has 0 saturated carbocycles. The molecule has 15 heavy (non-hydrogen) atoms. The van der Waals surface area contributed by atoms with E-state index in [1.165, 1.54) is 0 Å². The average Bonchev–Trinajstić information content (AvgIpc) is 2.23. The Morgan fingerprint density at radius 3 is 3.00 bits per heavy atom. The van der Waals surface area contributed by atoms with Crippen molar-refractivity contribution in [3.63, 3.8) is 0 Å². The van der Waals surface area contributed by atoms with Gasteiger partial charge in [0.15, 0.2) is 0 Å². The van der Waals surface area contributed by atoms with Crippen LogP contribution in [0.4, 0.5) is 5.69 Å². The molecule has 0 aromatic heterocycles. The first-order chi connectivity index (χ1) is 7.33. The molecular weight excluding hydrogens is 192 g/mol. The van der Waals surface area contributed by atoms with Crippen LogP contribution in [0, 0.1) is 0 Å². The van der Waals surface area contributed by atoms with Gasteiger partial charge in [-0.3, -0.25) is 0 Å². The summed E-state index contributed by atoms with van der Waals surface area (Å²) in [5.41, 5.74) is 14.3. The Kier molecular flexibility index (Phi) is 4.90. The van der Waals surface area contributed by atoms with Crippen LogP contribution < -0.4 is 10.5 Å². The van der Waals surface area contributed by atoms with E-state index in [0.717, 1.165) is 18.6 Å². The van der Waals surface area contributed by atoms with Gasteiger partial charge in [0.05, 0.1) is 6.61 Å². The van der Waals surface area contributed by atoms with Gasteiger partial charge >= 0.3 is 0 Å². The normalized spacial score (nSPS) is 9.33. The van der Waals surface area contributed by atoms with Crippen LogP contribution in [0.5, 0.6) is 5.75 Å². The maximum absolute atomic E-state index is 8.04. The zero-order chi connectivity index (χ0) is 10.9. The highest BCUT2D eigenvalue weighted by Gasteiger charge is 1.93. The van der Waals surface area contributed by atoms with E-state index in [9.17, 15) is 0 Å². The molecule has 0 saturated heterocycles. The molecule has 1 aromatic carbocycles. The molecular formula is C10H14N4O. The minimum absolute atomic E-state index is 0.525. The number of benzene rings is 1. The summed E-state index contributed by atoms with van der Waals surface area (Å²) in [6.45, 7) is 1.14. The van der Waals surface area contributed by atoms with Crippen molar-refractivity contribution in [3.8, 4) is 5.75 Å². The zero-order valence-electron chi connectivity index (χ0n) is 8.47. The van der Waals surface area contributed by atoms with E-state index < -0.39 is 0 Å². The molecule has 0 radical (unpaired) electrons. The van der Waals surface area contributed by atoms with Crippen molar-refractivity contribution in [1.29, 1.82) is 0 Å². The Morgan fingerprint density at radius 1 is 1.40 bits per heavy atom. The fourth-order valence-corrected chi connectivity index (χ4v) is 1.12. The van der Waals surface area contributed by atoms with Crippen LogP contribution in [0.3, 0.4) is 0 Å². The molecule has 0 unspecified atom stereocenters. The summed E-state index contributed by atoms with van der Waals surface area (Å²) in [6, 6.07) is 7.32. The van der Waals surface area contributed by atoms with Crippen molar-refractivity contribution in [3.05, 3.63) is 34.7 Å². The van der Waals surface area contributed by atoms with Gasteiger partial charge in [-0.2, -0.15) is 0 Å². The third-order valence-electron chi connectivity index (χ3n) is 1.84. The first-order valence-corrected chi connectivity index (χ1v) is 4.82. The fraction of sp³-hybridized carbons (Fsp3) is 0.400. The number of hydrogen-bond acceptors (Lipinski definition) is 3. The van der Waals surface area contributed by atoms with E-state index in [1.807, 2.05) is 18.2 Å². The van der Waals surface area contributed by atoms with Gasteiger partial charge in [-0.05, 0) is 30.5 Å². The Balaban J connectivity index is 2.17. The van der Waals surface area contributed by atoms with Gasteiger partial charge < -0.3 is 10.5 Å². The zero-order valence-corrected chi connectivity index (χ0v) is 8.47. The van der Waals surface area contributed by atoms with E-state index in [0.29, 0.717) is 18.8 Å². The SMILES string of the molecule is [N-]=[N+]=NCCCCOc1cccc(N)c1. The van der Waals surface area contributed by atoms with Crippen LogP contribution in [0.2, 0.25) is 0 Å². The number of ether oxygens (including phenoxy) is 1. The number of nitrogens with two attached hydrogens (primary N) is 1. The second-order valence-corrected chi connectivity index (χ2v) is 3.08. The molecule has 0 atom stereocenters. The van der Waals surface area contributed by atoms with Crippen molar-refractivity contribution in [2.45, 2.75) is 12.8 Å². The van der Waals surface area contributed by atoms with Gasteiger partial charge in [-0.1, -0.05) is 11.2 Å². The Morgan fingerprint density at radius 2 is 2.27 bits per heavy atom. The smallest absolute Gasteiger partial charge is 0.121 e. The lowest BCUT2D eigenvalue weighted by Crippen LogP contribution is -1.98. The van der Waals surface area contributed by atoms with E-state index in [-0.39, 0.29) is 0 Å². The molecule has 0 aliphatic carbocycles. The first kappa shape index (κ1) is 11.2. The number of hydrogen-bond donors (Lipinski definition) is 1. The summed E-state index contributed by atoms with van der Waals surface area (Å²) in [7, 11) is 0. The van der Waals surface area contributed by atoms with E-state index >= 15 is 0 Å². The summed E-state index contributed by atoms with van der Waals surface area (Å²) in [6.07, 6.45) is 1.71. The molecule has 0 spiro atoms. The van der Waals surface area contributed by atoms with Crippen molar-refractivity contribution >= 4 is 5.69 Å². The molecule has 1 aromatic rings. The van der Waals surface area contributed by atoms with Crippen LogP contribution in [0.1, 0.15) is 12.8 Å². The number of unbranched alkanes of at least 4 members (excludes halogenated alkanes) is 1. The first-order valence-electron chi connectivity index (χ1n) is 4.82. The van der Waals surface area contributed by atoms with Crippen molar-refractivity contribution < 1.29 is 4.74 Å². The summed E-state index contributed by atoms with van der Waals surface area (Å²) in [4.78, 5) is 2.67. The molecule has 0 aliphatic heterocycles. The van der Waals surface area contributed by atoms with Crippen LogP contribution in [0.15, 0.2) is 29.4 Å². The van der Waals surface area contributed by atoms with Crippen molar-refractivity contribution in [2.24, 2.45) is 5.11 Å². The van der Waals surface area contributed by atoms with Gasteiger partial charge in [0.25, 0.3) is 0 Å². The van der Waals surface area contributed by atoms with E-state index in [4.69, 9.17) is 16.0 Å². The van der Waals surface area contributed by atoms with Crippen LogP contribution in [-0.2, 0) is 0 Å². The standard InChI is InChI=1S/C10H14N4O/c11-9-4-3-5-10(8-9)15-7-2-1-6-13-14-12/h3-5,8H,1-2,6-7,11H2. The molecule has 0 heterocycles. The summed E-state index contributed by atoms with van der Waals surface area (Å²) in [5, 5.41) is 3.44. The molecule has 0 bridgehead atoms. The topological polar surface area (TPSA) is 84.0 Å². The molecule has 1 rings (SSSR count). The maximum atomic E-state index is 8.04. The third-order valence-corrected chi connectivity index (χ3v) is 1.84. The second kappa shape index (κ2) is 6.56. The lowest BCUT2D eigenvalue weighted by atomic mass is 10.3. The number of nitrogens with zero attached hydrogens (tertiary/aromatic N) is 3. The van der Waals surface area contributed by atoms with Crippen LogP contribution in [0.25, 0.3) is 10.4 Å². The van der Waals surface area contributed by atoms with Crippen molar-refractivity contribution in [2.75, 3.05) is 18.9 Å². The Bertz CT molecular complexity index is 347. The second-order valence-electron chi connectivity index (χ2n) is 3.08. The highest BCUT2D eigenvalue weighted by molar-refractivity contribution is 5.43. The van der Waals surface area contributed by atoms with Crippen LogP contribution >= 0.6 is 0 Å². The van der Waals surface area contributed by atoms with Gasteiger partial charge in [-0.15, -0.1) is 0 Å². The quantitative estimate of drug-likeness (QED) is 0.255. The molecule has 0 fully saturated rings. The molecule has 80 valence electrons. The average molecular weight is 206 g/mol. The highest BCUT2D eigenvalue weighted by atomic mass is 16.5. The summed E-state index contributed by atoms with van der Waals surface area (Å²) >= 11 is 0. The van der Waals surface area contributed by atoms with Gasteiger partial charge in [0, 0.05) is 23.2 Å². The lowest BCUT2D eigenvalue weighted by Gasteiger charge is -2.05. The minimum Gasteiger partial charge on any atom is -0.494 e. The minimum atomic E-state index is 0.525. The molecule has 5 nitrogen and oxygen atoms in total. The predicted octanol–water partition coefficient (Wildman–Crippen LogP) is 2.74. The van der Waals surface area contributed by atoms with Gasteiger partial charge in [0.1, 0.15) is 5.75 Å². The third kappa shape index (κ3) is 4.78. The van der Waals surface area contributed by atoms with Gasteiger partial charge in [-0.25, -0.2) is 0 Å².